The number of aliphatic hydroxyl groups excluding tert-OH is 1. The summed E-state index contributed by atoms with van der Waals surface area (Å²) in [6.45, 7) is 0. The van der Waals surface area contributed by atoms with Crippen molar-refractivity contribution >= 4 is 23.1 Å². The molecular weight excluding hydrogens is 284 g/mol. The molecule has 2 aliphatic heterocycles. The van der Waals surface area contributed by atoms with Crippen LogP contribution in [0.2, 0.25) is 0 Å². The Bertz CT molecular complexity index is 418. The minimum atomic E-state index is -0.616. The van der Waals surface area contributed by atoms with Crippen LogP contribution in [0.3, 0.4) is 0 Å². The van der Waals surface area contributed by atoms with E-state index in [1.807, 2.05) is 0 Å². The van der Waals surface area contributed by atoms with Gasteiger partial charge in [-0.2, -0.15) is 0 Å². The van der Waals surface area contributed by atoms with Gasteiger partial charge in [0.2, 0.25) is 5.91 Å². The van der Waals surface area contributed by atoms with Crippen molar-refractivity contribution in [3.8, 4) is 0 Å². The zero-order valence-electron chi connectivity index (χ0n) is 12.6. The molecule has 21 heavy (non-hydrogen) atoms. The Morgan fingerprint density at radius 1 is 1.10 bits per heavy atom. The molecule has 3 fully saturated rings. The average molecular weight is 310 g/mol. The summed E-state index contributed by atoms with van der Waals surface area (Å²) in [4.78, 5) is 15.8. The van der Waals surface area contributed by atoms with Crippen LogP contribution in [0.25, 0.3) is 0 Å². The lowest BCUT2D eigenvalue weighted by molar-refractivity contribution is -0.145. The van der Waals surface area contributed by atoms with E-state index < -0.39 is 5.41 Å². The van der Waals surface area contributed by atoms with E-state index in [-0.39, 0.29) is 24.1 Å². The molecule has 2 unspecified atom stereocenters. The fourth-order valence-electron chi connectivity index (χ4n) is 4.62. The van der Waals surface area contributed by atoms with Crippen molar-refractivity contribution < 1.29 is 9.90 Å². The molecule has 0 aromatic heterocycles. The maximum Gasteiger partial charge on any atom is 0.236 e. The van der Waals surface area contributed by atoms with Crippen LogP contribution >= 0.6 is 12.2 Å². The van der Waals surface area contributed by atoms with Crippen molar-refractivity contribution in [1.29, 1.82) is 0 Å². The summed E-state index contributed by atoms with van der Waals surface area (Å²) in [5, 5.41) is 9.93. The number of thiocarbonyl (C=S) groups is 1. The summed E-state index contributed by atoms with van der Waals surface area (Å²) >= 11 is 5.34. The van der Waals surface area contributed by atoms with Crippen molar-refractivity contribution in [2.45, 2.75) is 82.4 Å². The van der Waals surface area contributed by atoms with Crippen LogP contribution in [0.15, 0.2) is 0 Å². The van der Waals surface area contributed by atoms with Crippen LogP contribution in [0.4, 0.5) is 0 Å². The molecule has 0 aromatic rings. The number of nitrogens with zero attached hydrogens (tertiary/aromatic N) is 1. The lowest BCUT2D eigenvalue weighted by Gasteiger charge is -2.43. The zero-order chi connectivity index (χ0) is 15.0. The first-order chi connectivity index (χ1) is 10.0. The summed E-state index contributed by atoms with van der Waals surface area (Å²) in [5.74, 6) is 0.163. The first-order valence-electron chi connectivity index (χ1n) is 8.35. The number of nitrogens with two attached hydrogens (primary N) is 1. The Kier molecular flexibility index (Phi) is 4.23. The molecule has 1 aliphatic carbocycles. The molecule has 2 saturated heterocycles. The molecule has 1 saturated carbocycles. The second kappa shape index (κ2) is 5.84. The monoisotopic (exact) mass is 310 g/mol. The summed E-state index contributed by atoms with van der Waals surface area (Å²) in [6, 6.07) is 0.390. The topological polar surface area (TPSA) is 66.6 Å². The standard InChI is InChI=1S/C16H26N2O2S/c17-14(21)16(7-3-1-2-4-8-16)15(20)18-11-5-6-12(18)10-13(19)9-11/h11-13,19H,1-10H2,(H2,17,21). The molecule has 1 amide bonds. The third kappa shape index (κ3) is 2.59. The van der Waals surface area contributed by atoms with Gasteiger partial charge in [-0.25, -0.2) is 0 Å². The number of fused-ring (bicyclic) bond motifs is 2. The molecule has 3 N–H and O–H groups in total. The minimum absolute atomic E-state index is 0.163. The van der Waals surface area contributed by atoms with Gasteiger partial charge in [0, 0.05) is 12.1 Å². The quantitative estimate of drug-likeness (QED) is 0.606. The lowest BCUT2D eigenvalue weighted by atomic mass is 9.77. The molecule has 2 heterocycles. The second-order valence-corrected chi connectivity index (χ2v) is 7.52. The zero-order valence-corrected chi connectivity index (χ0v) is 13.4. The van der Waals surface area contributed by atoms with Crippen LogP contribution in [0.5, 0.6) is 0 Å². The Hall–Kier alpha value is -0.680. The van der Waals surface area contributed by atoms with Crippen molar-refractivity contribution in [1.82, 2.24) is 4.90 Å². The van der Waals surface area contributed by atoms with E-state index in [9.17, 15) is 9.90 Å². The van der Waals surface area contributed by atoms with E-state index in [2.05, 4.69) is 4.90 Å². The van der Waals surface area contributed by atoms with E-state index in [1.54, 1.807) is 0 Å². The predicted octanol–water partition coefficient (Wildman–Crippen LogP) is 2.13. The van der Waals surface area contributed by atoms with Crippen molar-refractivity contribution in [3.05, 3.63) is 0 Å². The third-order valence-corrected chi connectivity index (χ3v) is 6.17. The second-order valence-electron chi connectivity index (χ2n) is 7.08. The highest BCUT2D eigenvalue weighted by Gasteiger charge is 2.51. The molecule has 0 radical (unpaired) electrons. The van der Waals surface area contributed by atoms with Crippen LogP contribution in [0, 0.1) is 5.41 Å². The maximum absolute atomic E-state index is 13.3. The Morgan fingerprint density at radius 2 is 1.62 bits per heavy atom. The van der Waals surface area contributed by atoms with Gasteiger partial charge in [0.1, 0.15) is 0 Å². The number of hydrogen-bond acceptors (Lipinski definition) is 3. The van der Waals surface area contributed by atoms with Gasteiger partial charge in [-0.3, -0.25) is 4.79 Å². The number of carbonyl (C=O) groups excluding carboxylic acids is 1. The maximum atomic E-state index is 13.3. The summed E-state index contributed by atoms with van der Waals surface area (Å²) in [7, 11) is 0. The van der Waals surface area contributed by atoms with Gasteiger partial charge in [-0.05, 0) is 38.5 Å². The van der Waals surface area contributed by atoms with Gasteiger partial charge >= 0.3 is 0 Å². The van der Waals surface area contributed by atoms with E-state index >= 15 is 0 Å². The van der Waals surface area contributed by atoms with E-state index in [4.69, 9.17) is 18.0 Å². The molecule has 2 bridgehead atoms. The summed E-state index contributed by atoms with van der Waals surface area (Å²) in [5.41, 5.74) is 5.44. The van der Waals surface area contributed by atoms with Gasteiger partial charge < -0.3 is 15.7 Å². The van der Waals surface area contributed by atoms with Crippen LogP contribution in [-0.4, -0.2) is 39.1 Å². The van der Waals surface area contributed by atoms with Gasteiger partial charge in [0.25, 0.3) is 0 Å². The highest BCUT2D eigenvalue weighted by Crippen LogP contribution is 2.43. The lowest BCUT2D eigenvalue weighted by Crippen LogP contribution is -2.56. The van der Waals surface area contributed by atoms with Crippen molar-refractivity contribution in [2.24, 2.45) is 11.1 Å². The molecule has 4 nitrogen and oxygen atoms in total. The predicted molar refractivity (Wildman–Crippen MR) is 85.8 cm³/mol. The Morgan fingerprint density at radius 3 is 2.10 bits per heavy atom. The van der Waals surface area contributed by atoms with Crippen molar-refractivity contribution in [2.75, 3.05) is 0 Å². The first kappa shape index (κ1) is 15.2. The Labute approximate surface area is 132 Å². The van der Waals surface area contributed by atoms with Crippen LogP contribution < -0.4 is 5.73 Å². The van der Waals surface area contributed by atoms with Crippen molar-refractivity contribution in [3.63, 3.8) is 0 Å². The molecule has 118 valence electrons. The van der Waals surface area contributed by atoms with Gasteiger partial charge in [-0.15, -0.1) is 0 Å². The number of rotatable bonds is 2. The number of carbonyl (C=O) groups is 1. The molecule has 2 atom stereocenters. The number of amides is 1. The molecule has 0 spiro atoms. The number of aliphatic hydroxyl groups is 1. The summed E-state index contributed by atoms with van der Waals surface area (Å²) in [6.07, 6.45) is 9.24. The highest BCUT2D eigenvalue weighted by atomic mass is 32.1. The van der Waals surface area contributed by atoms with Gasteiger partial charge in [-0.1, -0.05) is 37.9 Å². The largest absolute Gasteiger partial charge is 0.393 e. The molecule has 0 aromatic carbocycles. The first-order valence-corrected chi connectivity index (χ1v) is 8.76. The summed E-state index contributed by atoms with van der Waals surface area (Å²) < 4.78 is 0. The van der Waals surface area contributed by atoms with Crippen LogP contribution in [0.1, 0.15) is 64.2 Å². The highest BCUT2D eigenvalue weighted by molar-refractivity contribution is 7.80. The SMILES string of the molecule is NC(=S)C1(C(=O)N2C3CCC2CC(O)C3)CCCCCC1. The molecule has 5 heteroatoms. The fourth-order valence-corrected chi connectivity index (χ4v) is 4.92. The van der Waals surface area contributed by atoms with Gasteiger partial charge in [0.15, 0.2) is 0 Å². The third-order valence-electron chi connectivity index (χ3n) is 5.78. The number of piperidine rings is 1. The molecule has 3 aliphatic rings. The fraction of sp³-hybridized carbons (Fsp3) is 0.875. The van der Waals surface area contributed by atoms with Gasteiger partial charge in [0.05, 0.1) is 16.5 Å². The minimum Gasteiger partial charge on any atom is -0.393 e. The smallest absolute Gasteiger partial charge is 0.236 e. The van der Waals surface area contributed by atoms with E-state index in [0.717, 1.165) is 51.4 Å². The van der Waals surface area contributed by atoms with Crippen LogP contribution in [-0.2, 0) is 4.79 Å². The van der Waals surface area contributed by atoms with E-state index in [1.165, 1.54) is 12.8 Å². The normalized spacial score (nSPS) is 35.3. The molecular formula is C16H26N2O2S. The number of hydrogen-bond donors (Lipinski definition) is 2. The average Bonchev–Trinajstić information content (AvgIpc) is 2.65. The Balaban J connectivity index is 1.86. The van der Waals surface area contributed by atoms with E-state index in [0.29, 0.717) is 4.99 Å². The molecule has 3 rings (SSSR count).